The minimum absolute atomic E-state index is 0.633. The van der Waals surface area contributed by atoms with Crippen LogP contribution in [0.2, 0.25) is 0 Å². The topological polar surface area (TPSA) is 57.9 Å². The maximum Gasteiger partial charge on any atom is 0.123 e. The second-order valence-electron chi connectivity index (χ2n) is 4.51. The minimum atomic E-state index is 0.633. The molecule has 102 valence electrons. The predicted octanol–water partition coefficient (Wildman–Crippen LogP) is 2.56. The van der Waals surface area contributed by atoms with Crippen molar-refractivity contribution in [3.8, 4) is 11.8 Å². The molecule has 0 radical (unpaired) electrons. The standard InChI is InChI=1S/C16H17N3O/c1-12-4-3-5-15(19-12)11-18-10-14-8-13(9-17)6-7-16(14)20-2/h3-8,18H,10-11H2,1-2H3. The van der Waals surface area contributed by atoms with E-state index in [1.807, 2.05) is 37.3 Å². The third-order valence-electron chi connectivity index (χ3n) is 2.98. The molecule has 1 aromatic carbocycles. The molecule has 0 bridgehead atoms. The van der Waals surface area contributed by atoms with Crippen LogP contribution in [0.4, 0.5) is 0 Å². The summed E-state index contributed by atoms with van der Waals surface area (Å²) in [5.74, 6) is 0.786. The Hall–Kier alpha value is -2.38. The molecule has 0 fully saturated rings. The van der Waals surface area contributed by atoms with Crippen molar-refractivity contribution in [3.05, 3.63) is 58.9 Å². The Balaban J connectivity index is 2.02. The summed E-state index contributed by atoms with van der Waals surface area (Å²) in [7, 11) is 1.63. The number of hydrogen-bond acceptors (Lipinski definition) is 4. The molecule has 0 aliphatic heterocycles. The Kier molecular flexibility index (Phi) is 4.70. The van der Waals surface area contributed by atoms with Crippen LogP contribution >= 0.6 is 0 Å². The fraction of sp³-hybridized carbons (Fsp3) is 0.250. The van der Waals surface area contributed by atoms with Gasteiger partial charge in [-0.2, -0.15) is 5.26 Å². The molecular weight excluding hydrogens is 250 g/mol. The lowest BCUT2D eigenvalue weighted by atomic mass is 10.1. The quantitative estimate of drug-likeness (QED) is 0.904. The third-order valence-corrected chi connectivity index (χ3v) is 2.98. The van der Waals surface area contributed by atoms with Gasteiger partial charge in [-0.05, 0) is 37.3 Å². The largest absolute Gasteiger partial charge is 0.496 e. The summed E-state index contributed by atoms with van der Waals surface area (Å²) in [4.78, 5) is 4.43. The van der Waals surface area contributed by atoms with Crippen molar-refractivity contribution in [2.24, 2.45) is 0 Å². The molecule has 20 heavy (non-hydrogen) atoms. The highest BCUT2D eigenvalue weighted by molar-refractivity contribution is 5.42. The summed E-state index contributed by atoms with van der Waals surface area (Å²) in [6.07, 6.45) is 0. The van der Waals surface area contributed by atoms with Crippen molar-refractivity contribution in [1.29, 1.82) is 5.26 Å². The average Bonchev–Trinajstić information content (AvgIpc) is 2.47. The highest BCUT2D eigenvalue weighted by Crippen LogP contribution is 2.19. The number of aromatic nitrogens is 1. The van der Waals surface area contributed by atoms with Crippen LogP contribution in [0.3, 0.4) is 0 Å². The zero-order valence-corrected chi connectivity index (χ0v) is 11.7. The zero-order chi connectivity index (χ0) is 14.4. The van der Waals surface area contributed by atoms with Crippen LogP contribution in [0.1, 0.15) is 22.5 Å². The Labute approximate surface area is 119 Å². The van der Waals surface area contributed by atoms with E-state index < -0.39 is 0 Å². The second-order valence-corrected chi connectivity index (χ2v) is 4.51. The van der Waals surface area contributed by atoms with E-state index in [9.17, 15) is 0 Å². The van der Waals surface area contributed by atoms with Crippen LogP contribution in [-0.4, -0.2) is 12.1 Å². The molecule has 0 saturated heterocycles. The number of methoxy groups -OCH3 is 1. The van der Waals surface area contributed by atoms with Crippen molar-refractivity contribution in [2.45, 2.75) is 20.0 Å². The van der Waals surface area contributed by atoms with E-state index in [1.54, 1.807) is 13.2 Å². The molecule has 4 nitrogen and oxygen atoms in total. The molecule has 0 unspecified atom stereocenters. The van der Waals surface area contributed by atoms with E-state index in [0.717, 1.165) is 22.7 Å². The minimum Gasteiger partial charge on any atom is -0.496 e. The highest BCUT2D eigenvalue weighted by atomic mass is 16.5. The maximum atomic E-state index is 8.94. The monoisotopic (exact) mass is 267 g/mol. The maximum absolute atomic E-state index is 8.94. The average molecular weight is 267 g/mol. The molecule has 0 aliphatic rings. The van der Waals surface area contributed by atoms with Gasteiger partial charge in [0, 0.05) is 24.3 Å². The summed E-state index contributed by atoms with van der Waals surface area (Å²) in [6, 6.07) is 13.5. The van der Waals surface area contributed by atoms with Gasteiger partial charge in [0.2, 0.25) is 0 Å². The summed E-state index contributed by atoms with van der Waals surface area (Å²) in [6.45, 7) is 3.29. The molecule has 0 spiro atoms. The van der Waals surface area contributed by atoms with Crippen LogP contribution in [-0.2, 0) is 13.1 Å². The zero-order valence-electron chi connectivity index (χ0n) is 11.7. The van der Waals surface area contributed by atoms with Gasteiger partial charge in [0.05, 0.1) is 24.4 Å². The summed E-state index contributed by atoms with van der Waals surface area (Å²) >= 11 is 0. The Morgan fingerprint density at radius 3 is 2.80 bits per heavy atom. The smallest absolute Gasteiger partial charge is 0.123 e. The van der Waals surface area contributed by atoms with Crippen molar-refractivity contribution >= 4 is 0 Å². The summed E-state index contributed by atoms with van der Waals surface area (Å²) < 4.78 is 5.30. The van der Waals surface area contributed by atoms with Gasteiger partial charge >= 0.3 is 0 Å². The molecule has 4 heteroatoms. The first-order chi connectivity index (χ1) is 9.72. The molecule has 0 saturated carbocycles. The van der Waals surface area contributed by atoms with Crippen molar-refractivity contribution in [2.75, 3.05) is 7.11 Å². The molecule has 1 aromatic heterocycles. The number of hydrogen-bond donors (Lipinski definition) is 1. The van der Waals surface area contributed by atoms with Gasteiger partial charge in [0.15, 0.2) is 0 Å². The van der Waals surface area contributed by atoms with E-state index in [2.05, 4.69) is 16.4 Å². The van der Waals surface area contributed by atoms with Gasteiger partial charge in [-0.3, -0.25) is 4.98 Å². The molecule has 1 heterocycles. The van der Waals surface area contributed by atoms with Crippen molar-refractivity contribution < 1.29 is 4.74 Å². The van der Waals surface area contributed by atoms with Crippen LogP contribution in [0.15, 0.2) is 36.4 Å². The number of aryl methyl sites for hydroxylation is 1. The van der Waals surface area contributed by atoms with Gasteiger partial charge in [-0.15, -0.1) is 0 Å². The van der Waals surface area contributed by atoms with Crippen LogP contribution < -0.4 is 10.1 Å². The van der Waals surface area contributed by atoms with Crippen LogP contribution in [0.5, 0.6) is 5.75 Å². The molecular formula is C16H17N3O. The molecule has 2 rings (SSSR count). The van der Waals surface area contributed by atoms with E-state index in [0.29, 0.717) is 18.7 Å². The fourth-order valence-corrected chi connectivity index (χ4v) is 2.01. The lowest BCUT2D eigenvalue weighted by Gasteiger charge is -2.10. The first-order valence-electron chi connectivity index (χ1n) is 6.43. The number of nitriles is 1. The van der Waals surface area contributed by atoms with E-state index in [1.165, 1.54) is 0 Å². The number of nitrogens with one attached hydrogen (secondary N) is 1. The van der Waals surface area contributed by atoms with Crippen LogP contribution in [0.25, 0.3) is 0 Å². The number of nitrogens with zero attached hydrogens (tertiary/aromatic N) is 2. The lowest BCUT2D eigenvalue weighted by Crippen LogP contribution is -2.14. The lowest BCUT2D eigenvalue weighted by molar-refractivity contribution is 0.407. The van der Waals surface area contributed by atoms with Gasteiger partial charge in [0.1, 0.15) is 5.75 Å². The molecule has 1 N–H and O–H groups in total. The molecule has 0 amide bonds. The van der Waals surface area contributed by atoms with Gasteiger partial charge in [-0.1, -0.05) is 6.07 Å². The Morgan fingerprint density at radius 2 is 2.10 bits per heavy atom. The van der Waals surface area contributed by atoms with E-state index in [4.69, 9.17) is 10.00 Å². The number of ether oxygens (including phenoxy) is 1. The van der Waals surface area contributed by atoms with E-state index in [-0.39, 0.29) is 0 Å². The normalized spacial score (nSPS) is 10.1. The van der Waals surface area contributed by atoms with Gasteiger partial charge in [0.25, 0.3) is 0 Å². The Bertz CT molecular complexity index is 632. The number of rotatable bonds is 5. The molecule has 0 atom stereocenters. The summed E-state index contributed by atoms with van der Waals surface area (Å²) in [5, 5.41) is 12.3. The first-order valence-corrected chi connectivity index (χ1v) is 6.43. The second kappa shape index (κ2) is 6.69. The van der Waals surface area contributed by atoms with Crippen molar-refractivity contribution in [1.82, 2.24) is 10.3 Å². The molecule has 0 aliphatic carbocycles. The fourth-order valence-electron chi connectivity index (χ4n) is 2.01. The SMILES string of the molecule is COc1ccc(C#N)cc1CNCc1cccc(C)n1. The summed E-state index contributed by atoms with van der Waals surface area (Å²) in [5.41, 5.74) is 3.62. The first kappa shape index (κ1) is 14.0. The predicted molar refractivity (Wildman–Crippen MR) is 77.2 cm³/mol. The van der Waals surface area contributed by atoms with Crippen molar-refractivity contribution in [3.63, 3.8) is 0 Å². The Morgan fingerprint density at radius 1 is 1.25 bits per heavy atom. The molecule has 2 aromatic rings. The number of pyridine rings is 1. The third kappa shape index (κ3) is 3.56. The van der Waals surface area contributed by atoms with E-state index >= 15 is 0 Å². The van der Waals surface area contributed by atoms with Crippen LogP contribution in [0, 0.1) is 18.3 Å². The van der Waals surface area contributed by atoms with Gasteiger partial charge < -0.3 is 10.1 Å². The highest BCUT2D eigenvalue weighted by Gasteiger charge is 2.04. The van der Waals surface area contributed by atoms with Gasteiger partial charge in [-0.25, -0.2) is 0 Å². The number of benzene rings is 1.